The smallest absolute Gasteiger partial charge is 0.187 e. The van der Waals surface area contributed by atoms with E-state index in [2.05, 4.69) is 0 Å². The fourth-order valence-electron chi connectivity index (χ4n) is 2.19. The number of ether oxygens (including phenoxy) is 2. The van der Waals surface area contributed by atoms with Gasteiger partial charge in [-0.05, 0) is 12.5 Å². The zero-order chi connectivity index (χ0) is 14.7. The van der Waals surface area contributed by atoms with E-state index in [1.54, 1.807) is 0 Å². The van der Waals surface area contributed by atoms with Gasteiger partial charge in [-0.2, -0.15) is 0 Å². The Labute approximate surface area is 117 Å². The number of aryl methyl sites for hydroxylation is 1. The second kappa shape index (κ2) is 6.62. The van der Waals surface area contributed by atoms with Gasteiger partial charge in [-0.25, -0.2) is 0 Å². The molecule has 1 aromatic rings. The van der Waals surface area contributed by atoms with E-state index in [4.69, 9.17) is 14.6 Å². The summed E-state index contributed by atoms with van der Waals surface area (Å²) in [5.41, 5.74) is 1.99. The van der Waals surface area contributed by atoms with Crippen molar-refractivity contribution in [3.8, 4) is 0 Å². The van der Waals surface area contributed by atoms with Gasteiger partial charge in [-0.15, -0.1) is 0 Å². The third-order valence-corrected chi connectivity index (χ3v) is 3.35. The van der Waals surface area contributed by atoms with E-state index in [1.165, 1.54) is 0 Å². The molecule has 1 aliphatic heterocycles. The minimum atomic E-state index is -1.41. The van der Waals surface area contributed by atoms with Crippen molar-refractivity contribution in [3.63, 3.8) is 0 Å². The van der Waals surface area contributed by atoms with E-state index in [0.29, 0.717) is 0 Å². The van der Waals surface area contributed by atoms with Gasteiger partial charge in [-0.1, -0.05) is 29.8 Å². The lowest BCUT2D eigenvalue weighted by Gasteiger charge is -2.39. The van der Waals surface area contributed by atoms with Crippen molar-refractivity contribution in [2.75, 3.05) is 6.61 Å². The molecule has 5 atom stereocenters. The van der Waals surface area contributed by atoms with Gasteiger partial charge in [0, 0.05) is 0 Å². The minimum Gasteiger partial charge on any atom is -0.394 e. The van der Waals surface area contributed by atoms with Gasteiger partial charge in [0.1, 0.15) is 24.4 Å². The molecule has 0 aliphatic carbocycles. The van der Waals surface area contributed by atoms with Gasteiger partial charge in [0.15, 0.2) is 6.29 Å². The largest absolute Gasteiger partial charge is 0.394 e. The molecule has 1 fully saturated rings. The minimum absolute atomic E-state index is 0.199. The van der Waals surface area contributed by atoms with E-state index in [1.807, 2.05) is 31.2 Å². The molecule has 0 amide bonds. The molecule has 6 heteroatoms. The maximum atomic E-state index is 9.81. The highest BCUT2D eigenvalue weighted by molar-refractivity contribution is 5.21. The molecule has 1 aromatic carbocycles. The number of aliphatic hydroxyl groups is 4. The summed E-state index contributed by atoms with van der Waals surface area (Å²) in [4.78, 5) is 0. The normalized spacial score (nSPS) is 34.1. The van der Waals surface area contributed by atoms with Crippen molar-refractivity contribution in [3.05, 3.63) is 35.4 Å². The van der Waals surface area contributed by atoms with E-state index in [9.17, 15) is 15.3 Å². The van der Waals surface area contributed by atoms with E-state index >= 15 is 0 Å². The molecule has 0 spiro atoms. The summed E-state index contributed by atoms with van der Waals surface area (Å²) in [6.07, 6.45) is -6.18. The van der Waals surface area contributed by atoms with Crippen LogP contribution in [0.4, 0.5) is 0 Å². The molecule has 0 bridgehead atoms. The molecule has 6 nitrogen and oxygen atoms in total. The zero-order valence-electron chi connectivity index (χ0n) is 11.2. The molecule has 4 N–H and O–H groups in total. The molecular weight excluding hydrogens is 264 g/mol. The van der Waals surface area contributed by atoms with E-state index in [0.717, 1.165) is 11.1 Å². The Morgan fingerprint density at radius 1 is 1.15 bits per heavy atom. The van der Waals surface area contributed by atoms with Gasteiger partial charge in [0.2, 0.25) is 0 Å². The van der Waals surface area contributed by atoms with Crippen LogP contribution in [-0.4, -0.2) is 57.7 Å². The summed E-state index contributed by atoms with van der Waals surface area (Å²) in [5.74, 6) is 0. The Hall–Kier alpha value is -1.02. The SMILES string of the molecule is Cc1cccc(CO[C@@H]2O[C@H](CO)[C@@H](O)[C@H](O)[C@H]2O)c1. The van der Waals surface area contributed by atoms with Crippen LogP contribution in [0.25, 0.3) is 0 Å². The first-order chi connectivity index (χ1) is 9.52. The van der Waals surface area contributed by atoms with Crippen molar-refractivity contribution in [2.24, 2.45) is 0 Å². The first-order valence-corrected chi connectivity index (χ1v) is 6.50. The summed E-state index contributed by atoms with van der Waals surface area (Å²) in [6, 6.07) is 7.65. The van der Waals surface area contributed by atoms with Crippen LogP contribution in [0.2, 0.25) is 0 Å². The van der Waals surface area contributed by atoms with Crippen molar-refractivity contribution in [2.45, 2.75) is 44.2 Å². The van der Waals surface area contributed by atoms with E-state index in [-0.39, 0.29) is 6.61 Å². The van der Waals surface area contributed by atoms with Crippen LogP contribution >= 0.6 is 0 Å². The number of rotatable bonds is 4. The molecule has 1 saturated heterocycles. The van der Waals surface area contributed by atoms with Crippen molar-refractivity contribution in [1.29, 1.82) is 0 Å². The van der Waals surface area contributed by atoms with Crippen LogP contribution in [0.15, 0.2) is 24.3 Å². The molecule has 0 radical (unpaired) electrons. The van der Waals surface area contributed by atoms with Gasteiger partial charge in [-0.3, -0.25) is 0 Å². The number of aliphatic hydroxyl groups excluding tert-OH is 4. The fourth-order valence-corrected chi connectivity index (χ4v) is 2.19. The maximum absolute atomic E-state index is 9.81. The third kappa shape index (κ3) is 3.35. The second-order valence-corrected chi connectivity index (χ2v) is 5.00. The molecule has 0 saturated carbocycles. The number of hydrogen-bond donors (Lipinski definition) is 4. The van der Waals surface area contributed by atoms with Gasteiger partial charge in [0.05, 0.1) is 13.2 Å². The Morgan fingerprint density at radius 3 is 2.55 bits per heavy atom. The summed E-state index contributed by atoms with van der Waals surface area (Å²) < 4.78 is 10.7. The van der Waals surface area contributed by atoms with Crippen molar-refractivity contribution >= 4 is 0 Å². The van der Waals surface area contributed by atoms with Crippen LogP contribution in [0.1, 0.15) is 11.1 Å². The van der Waals surface area contributed by atoms with Gasteiger partial charge >= 0.3 is 0 Å². The Kier molecular flexibility index (Phi) is 5.09. The van der Waals surface area contributed by atoms with Crippen molar-refractivity contribution in [1.82, 2.24) is 0 Å². The average molecular weight is 284 g/mol. The summed E-state index contributed by atoms with van der Waals surface area (Å²) in [6.45, 7) is 1.69. The molecule has 1 heterocycles. The van der Waals surface area contributed by atoms with Crippen LogP contribution in [0.3, 0.4) is 0 Å². The van der Waals surface area contributed by atoms with E-state index < -0.39 is 37.3 Å². The monoisotopic (exact) mass is 284 g/mol. The van der Waals surface area contributed by atoms with Gasteiger partial charge in [0.25, 0.3) is 0 Å². The molecule has 2 rings (SSSR count). The summed E-state index contributed by atoms with van der Waals surface area (Å²) >= 11 is 0. The lowest BCUT2D eigenvalue weighted by molar-refractivity contribution is -0.304. The highest BCUT2D eigenvalue weighted by atomic mass is 16.7. The molecule has 0 unspecified atom stereocenters. The second-order valence-electron chi connectivity index (χ2n) is 5.00. The highest BCUT2D eigenvalue weighted by Gasteiger charge is 2.43. The molecule has 112 valence electrons. The predicted octanol–water partition coefficient (Wildman–Crippen LogP) is -0.688. The average Bonchev–Trinajstić information content (AvgIpc) is 2.44. The number of benzene rings is 1. The molecule has 20 heavy (non-hydrogen) atoms. The summed E-state index contributed by atoms with van der Waals surface area (Å²) in [7, 11) is 0. The Balaban J connectivity index is 1.97. The highest BCUT2D eigenvalue weighted by Crippen LogP contribution is 2.22. The molecule has 0 aromatic heterocycles. The first-order valence-electron chi connectivity index (χ1n) is 6.50. The standard InChI is InChI=1S/C14H20O6/c1-8-3-2-4-9(5-8)7-19-14-13(18)12(17)11(16)10(6-15)20-14/h2-5,10-18H,6-7H2,1H3/t10-,11-,12+,13-,14-/m1/s1. The lowest BCUT2D eigenvalue weighted by atomic mass is 9.99. The topological polar surface area (TPSA) is 99.4 Å². The van der Waals surface area contributed by atoms with Gasteiger partial charge < -0.3 is 29.9 Å². The molecular formula is C14H20O6. The third-order valence-electron chi connectivity index (χ3n) is 3.35. The Bertz CT molecular complexity index is 435. The zero-order valence-corrected chi connectivity index (χ0v) is 11.2. The lowest BCUT2D eigenvalue weighted by Crippen LogP contribution is -2.59. The predicted molar refractivity (Wildman–Crippen MR) is 69.7 cm³/mol. The quantitative estimate of drug-likeness (QED) is 0.584. The van der Waals surface area contributed by atoms with Crippen LogP contribution < -0.4 is 0 Å². The molecule has 1 aliphatic rings. The fraction of sp³-hybridized carbons (Fsp3) is 0.571. The van der Waals surface area contributed by atoms with Crippen molar-refractivity contribution < 1.29 is 29.9 Å². The van der Waals surface area contributed by atoms with Crippen LogP contribution in [0.5, 0.6) is 0 Å². The van der Waals surface area contributed by atoms with Crippen LogP contribution in [0, 0.1) is 6.92 Å². The Morgan fingerprint density at radius 2 is 1.90 bits per heavy atom. The first kappa shape index (κ1) is 15.4. The maximum Gasteiger partial charge on any atom is 0.187 e. The van der Waals surface area contributed by atoms with Crippen LogP contribution in [-0.2, 0) is 16.1 Å². The number of hydrogen-bond acceptors (Lipinski definition) is 6. The summed E-state index contributed by atoms with van der Waals surface area (Å²) in [5, 5.41) is 38.2.